The van der Waals surface area contributed by atoms with Crippen LogP contribution in [0.3, 0.4) is 0 Å². The van der Waals surface area contributed by atoms with Gasteiger partial charge >= 0.3 is 5.97 Å². The maximum absolute atomic E-state index is 12.7. The number of nitrogens with zero attached hydrogens (tertiary/aromatic N) is 3. The monoisotopic (exact) mass is 326 g/mol. The van der Waals surface area contributed by atoms with Crippen LogP contribution in [-0.4, -0.2) is 52.2 Å². The lowest BCUT2D eigenvalue weighted by atomic mass is 10.1. The van der Waals surface area contributed by atoms with Gasteiger partial charge in [0.1, 0.15) is 0 Å². The van der Waals surface area contributed by atoms with Crippen molar-refractivity contribution in [3.8, 4) is 0 Å². The lowest BCUT2D eigenvalue weighted by molar-refractivity contribution is 0.0594. The van der Waals surface area contributed by atoms with Crippen molar-refractivity contribution in [3.05, 3.63) is 35.7 Å². The highest BCUT2D eigenvalue weighted by Gasteiger charge is 2.25. The number of hydrogen-bond acceptors (Lipinski definition) is 5. The normalized spacial score (nSPS) is 11.0. The molecule has 124 valence electrons. The molecule has 0 bridgehead atoms. The number of para-hydroxylation sites is 1. The Morgan fingerprint density at radius 1 is 1.12 bits per heavy atom. The number of ether oxygens (including phenoxy) is 1. The zero-order chi connectivity index (χ0) is 17.3. The molecule has 0 saturated carbocycles. The Morgan fingerprint density at radius 3 is 2.46 bits per heavy atom. The summed E-state index contributed by atoms with van der Waals surface area (Å²) in [6.07, 6.45) is 0. The maximum Gasteiger partial charge on any atom is 0.359 e. The van der Waals surface area contributed by atoms with E-state index in [-0.39, 0.29) is 17.3 Å². The molecule has 0 aliphatic rings. The lowest BCUT2D eigenvalue weighted by Gasteiger charge is -2.18. The SMILES string of the molecule is CCN(CC)C(=O)c1nnc(C(=O)OC)c2c1[nH]c1ccccc12. The van der Waals surface area contributed by atoms with Gasteiger partial charge in [-0.3, -0.25) is 4.79 Å². The molecular weight excluding hydrogens is 308 g/mol. The highest BCUT2D eigenvalue weighted by molar-refractivity contribution is 6.19. The number of fused-ring (bicyclic) bond motifs is 3. The van der Waals surface area contributed by atoms with Crippen molar-refractivity contribution in [1.29, 1.82) is 0 Å². The van der Waals surface area contributed by atoms with Gasteiger partial charge < -0.3 is 14.6 Å². The molecule has 3 aromatic rings. The van der Waals surface area contributed by atoms with Crippen LogP contribution in [0.5, 0.6) is 0 Å². The number of carbonyl (C=O) groups excluding carboxylic acids is 2. The topological polar surface area (TPSA) is 88.2 Å². The molecule has 0 radical (unpaired) electrons. The van der Waals surface area contributed by atoms with Gasteiger partial charge in [0.25, 0.3) is 5.91 Å². The number of H-pyrrole nitrogens is 1. The summed E-state index contributed by atoms with van der Waals surface area (Å²) in [6, 6.07) is 7.49. The number of benzene rings is 1. The van der Waals surface area contributed by atoms with E-state index >= 15 is 0 Å². The van der Waals surface area contributed by atoms with E-state index in [0.29, 0.717) is 24.0 Å². The lowest BCUT2D eigenvalue weighted by Crippen LogP contribution is -2.31. The Morgan fingerprint density at radius 2 is 1.79 bits per heavy atom. The summed E-state index contributed by atoms with van der Waals surface area (Å²) in [5.74, 6) is -0.806. The van der Waals surface area contributed by atoms with E-state index in [1.807, 2.05) is 38.1 Å². The quantitative estimate of drug-likeness (QED) is 0.744. The van der Waals surface area contributed by atoms with Crippen molar-refractivity contribution in [1.82, 2.24) is 20.1 Å². The van der Waals surface area contributed by atoms with Gasteiger partial charge in [0.05, 0.1) is 12.6 Å². The summed E-state index contributed by atoms with van der Waals surface area (Å²) in [4.78, 5) is 29.6. The first-order valence-electron chi connectivity index (χ1n) is 7.77. The molecule has 7 heteroatoms. The van der Waals surface area contributed by atoms with Gasteiger partial charge in [-0.15, -0.1) is 10.2 Å². The fourth-order valence-electron chi connectivity index (χ4n) is 2.82. The van der Waals surface area contributed by atoms with Gasteiger partial charge in [0.2, 0.25) is 0 Å². The minimum atomic E-state index is -0.584. The van der Waals surface area contributed by atoms with E-state index in [9.17, 15) is 9.59 Å². The summed E-state index contributed by atoms with van der Waals surface area (Å²) in [5.41, 5.74) is 1.61. The molecule has 1 aromatic carbocycles. The first-order valence-corrected chi connectivity index (χ1v) is 7.77. The second-order valence-electron chi connectivity index (χ2n) is 5.29. The number of aromatic amines is 1. The summed E-state index contributed by atoms with van der Waals surface area (Å²) in [6.45, 7) is 4.94. The summed E-state index contributed by atoms with van der Waals surface area (Å²) < 4.78 is 4.80. The van der Waals surface area contributed by atoms with Crippen molar-refractivity contribution >= 4 is 33.7 Å². The van der Waals surface area contributed by atoms with Gasteiger partial charge in [-0.1, -0.05) is 18.2 Å². The van der Waals surface area contributed by atoms with Crippen molar-refractivity contribution in [2.45, 2.75) is 13.8 Å². The smallest absolute Gasteiger partial charge is 0.359 e. The van der Waals surface area contributed by atoms with Crippen LogP contribution in [0.1, 0.15) is 34.8 Å². The number of hydrogen-bond donors (Lipinski definition) is 1. The number of esters is 1. The van der Waals surface area contributed by atoms with Crippen LogP contribution in [0, 0.1) is 0 Å². The molecule has 0 fully saturated rings. The van der Waals surface area contributed by atoms with Gasteiger partial charge in [-0.2, -0.15) is 0 Å². The van der Waals surface area contributed by atoms with Gasteiger partial charge in [-0.25, -0.2) is 4.79 Å². The first-order chi connectivity index (χ1) is 11.6. The molecule has 0 saturated heterocycles. The third kappa shape index (κ3) is 2.38. The first kappa shape index (κ1) is 15.9. The molecule has 0 unspecified atom stereocenters. The minimum Gasteiger partial charge on any atom is -0.464 e. The molecule has 0 spiro atoms. The second-order valence-corrected chi connectivity index (χ2v) is 5.29. The number of amides is 1. The fraction of sp³-hybridized carbons (Fsp3) is 0.294. The zero-order valence-corrected chi connectivity index (χ0v) is 13.8. The zero-order valence-electron chi connectivity index (χ0n) is 13.8. The highest BCUT2D eigenvalue weighted by atomic mass is 16.5. The molecule has 2 heterocycles. The van der Waals surface area contributed by atoms with Crippen molar-refractivity contribution in [2.24, 2.45) is 0 Å². The molecule has 1 N–H and O–H groups in total. The Hall–Kier alpha value is -2.96. The Balaban J connectivity index is 2.34. The third-order valence-electron chi connectivity index (χ3n) is 4.06. The molecular formula is C17H18N4O3. The van der Waals surface area contributed by atoms with Gasteiger partial charge in [0, 0.05) is 29.4 Å². The van der Waals surface area contributed by atoms with E-state index in [1.165, 1.54) is 7.11 Å². The summed E-state index contributed by atoms with van der Waals surface area (Å²) in [5, 5.41) is 9.36. The van der Waals surface area contributed by atoms with Gasteiger partial charge in [-0.05, 0) is 19.9 Å². The molecule has 2 aromatic heterocycles. The second kappa shape index (κ2) is 6.27. The molecule has 0 aliphatic heterocycles. The summed E-state index contributed by atoms with van der Waals surface area (Å²) >= 11 is 0. The van der Waals surface area contributed by atoms with Crippen LogP contribution in [0.25, 0.3) is 21.8 Å². The number of aromatic nitrogens is 3. The molecule has 1 amide bonds. The molecule has 24 heavy (non-hydrogen) atoms. The number of nitrogens with one attached hydrogen (secondary N) is 1. The van der Waals surface area contributed by atoms with Crippen LogP contribution < -0.4 is 0 Å². The average molecular weight is 326 g/mol. The third-order valence-corrected chi connectivity index (χ3v) is 4.06. The van der Waals surface area contributed by atoms with Crippen molar-refractivity contribution in [3.63, 3.8) is 0 Å². The maximum atomic E-state index is 12.7. The predicted octanol–water partition coefficient (Wildman–Crippen LogP) is 2.38. The van der Waals surface area contributed by atoms with E-state index in [4.69, 9.17) is 4.74 Å². The molecule has 7 nitrogen and oxygen atoms in total. The summed E-state index contributed by atoms with van der Waals surface area (Å²) in [7, 11) is 1.29. The van der Waals surface area contributed by atoms with E-state index in [1.54, 1.807) is 4.90 Å². The van der Waals surface area contributed by atoms with Crippen LogP contribution in [0.2, 0.25) is 0 Å². The fourth-order valence-corrected chi connectivity index (χ4v) is 2.82. The standard InChI is InChI=1S/C17H18N4O3/c1-4-21(5-2)16(22)15-13-12(14(19-20-15)17(23)24-3)10-8-6-7-9-11(10)18-13/h6-9,18H,4-5H2,1-3H3. The van der Waals surface area contributed by atoms with Gasteiger partial charge in [0.15, 0.2) is 11.4 Å². The van der Waals surface area contributed by atoms with Crippen LogP contribution in [0.4, 0.5) is 0 Å². The van der Waals surface area contributed by atoms with Crippen LogP contribution >= 0.6 is 0 Å². The minimum absolute atomic E-state index is 0.0982. The largest absolute Gasteiger partial charge is 0.464 e. The molecule has 3 rings (SSSR count). The van der Waals surface area contributed by atoms with E-state index < -0.39 is 5.97 Å². The predicted molar refractivity (Wildman–Crippen MR) is 90.0 cm³/mol. The Labute approximate surface area is 138 Å². The number of carbonyl (C=O) groups is 2. The van der Waals surface area contributed by atoms with Crippen molar-refractivity contribution in [2.75, 3.05) is 20.2 Å². The van der Waals surface area contributed by atoms with Crippen molar-refractivity contribution < 1.29 is 14.3 Å². The van der Waals surface area contributed by atoms with Crippen LogP contribution in [0.15, 0.2) is 24.3 Å². The highest BCUT2D eigenvalue weighted by Crippen LogP contribution is 2.29. The molecule has 0 aliphatic carbocycles. The Bertz CT molecular complexity index is 928. The molecule has 0 atom stereocenters. The van der Waals surface area contributed by atoms with E-state index in [2.05, 4.69) is 15.2 Å². The Kier molecular flexibility index (Phi) is 4.16. The van der Waals surface area contributed by atoms with Crippen LogP contribution in [-0.2, 0) is 4.74 Å². The average Bonchev–Trinajstić information content (AvgIpc) is 3.00. The number of methoxy groups -OCH3 is 1. The van der Waals surface area contributed by atoms with E-state index in [0.717, 1.165) is 10.9 Å². The number of rotatable bonds is 4.